The van der Waals surface area contributed by atoms with Crippen molar-refractivity contribution in [3.05, 3.63) is 95.6 Å². The minimum absolute atomic E-state index is 0.137. The number of aryl methyl sites for hydroxylation is 1. The molecule has 3 amide bonds. The fourth-order valence-corrected chi connectivity index (χ4v) is 6.66. The Morgan fingerprint density at radius 1 is 0.868 bits per heavy atom. The summed E-state index contributed by atoms with van der Waals surface area (Å²) < 4.78 is 5.16. The third-order valence-corrected chi connectivity index (χ3v) is 8.36. The molecule has 3 fully saturated rings. The van der Waals surface area contributed by atoms with Gasteiger partial charge in [0.25, 0.3) is 5.91 Å². The quantitative estimate of drug-likeness (QED) is 0.384. The average Bonchev–Trinajstić information content (AvgIpc) is 3.60. The number of hydrogen-bond donors (Lipinski definition) is 1. The molecule has 3 aliphatic rings. The van der Waals surface area contributed by atoms with Gasteiger partial charge >= 0.3 is 5.97 Å². The number of carbonyl (C=O) groups excluding carboxylic acids is 4. The highest BCUT2D eigenvalue weighted by Gasteiger charge is 2.64. The Morgan fingerprint density at radius 3 is 2.29 bits per heavy atom. The summed E-state index contributed by atoms with van der Waals surface area (Å²) in [7, 11) is 0. The van der Waals surface area contributed by atoms with Crippen molar-refractivity contribution >= 4 is 35.1 Å². The Bertz CT molecular complexity index is 1420. The molecule has 6 rings (SSSR count). The Morgan fingerprint density at radius 2 is 1.55 bits per heavy atom. The van der Waals surface area contributed by atoms with Gasteiger partial charge in [-0.25, -0.2) is 4.79 Å². The summed E-state index contributed by atoms with van der Waals surface area (Å²) in [5, 5.41) is 2.72. The van der Waals surface area contributed by atoms with Gasteiger partial charge in [0, 0.05) is 5.69 Å². The van der Waals surface area contributed by atoms with E-state index in [0.29, 0.717) is 17.3 Å². The van der Waals surface area contributed by atoms with Crippen LogP contribution in [0.15, 0.2) is 78.9 Å². The first-order valence-corrected chi connectivity index (χ1v) is 13.0. The van der Waals surface area contributed by atoms with Crippen molar-refractivity contribution in [1.82, 2.24) is 0 Å². The van der Waals surface area contributed by atoms with Crippen LogP contribution in [0.4, 0.5) is 11.4 Å². The average molecular weight is 509 g/mol. The smallest absolute Gasteiger partial charge is 0.338 e. The van der Waals surface area contributed by atoms with Crippen LogP contribution in [-0.4, -0.2) is 30.3 Å². The van der Waals surface area contributed by atoms with Crippen molar-refractivity contribution in [2.45, 2.75) is 25.7 Å². The summed E-state index contributed by atoms with van der Waals surface area (Å²) in [6, 6.07) is 23.8. The lowest BCUT2D eigenvalue weighted by Crippen LogP contribution is -2.33. The Labute approximate surface area is 220 Å². The van der Waals surface area contributed by atoms with Gasteiger partial charge in [-0.3, -0.25) is 19.3 Å². The van der Waals surface area contributed by atoms with Gasteiger partial charge in [-0.05, 0) is 79.0 Å². The van der Waals surface area contributed by atoms with E-state index in [1.807, 2.05) is 43.3 Å². The second-order valence-electron chi connectivity index (χ2n) is 10.5. The highest BCUT2D eigenvalue weighted by Crippen LogP contribution is 2.61. The molecule has 3 aromatic rings. The van der Waals surface area contributed by atoms with E-state index in [-0.39, 0.29) is 41.0 Å². The molecule has 2 saturated carbocycles. The van der Waals surface area contributed by atoms with Gasteiger partial charge in [0.15, 0.2) is 6.61 Å². The number of hydrogen-bond acceptors (Lipinski definition) is 5. The molecule has 0 unspecified atom stereocenters. The van der Waals surface area contributed by atoms with Crippen LogP contribution in [0.3, 0.4) is 0 Å². The second kappa shape index (κ2) is 9.56. The maximum absolute atomic E-state index is 13.5. The number of anilines is 2. The molecule has 7 nitrogen and oxygen atoms in total. The molecule has 1 aliphatic heterocycles. The number of fused-ring (bicyclic) bond motifs is 5. The molecule has 0 aromatic heterocycles. The number of nitrogens with one attached hydrogen (secondary N) is 1. The molecule has 1 saturated heterocycles. The molecule has 38 heavy (non-hydrogen) atoms. The van der Waals surface area contributed by atoms with Gasteiger partial charge in [0.1, 0.15) is 0 Å². The Hall–Kier alpha value is -4.26. The van der Waals surface area contributed by atoms with Crippen LogP contribution >= 0.6 is 0 Å². The maximum Gasteiger partial charge on any atom is 0.338 e. The lowest BCUT2D eigenvalue weighted by molar-refractivity contribution is -0.123. The summed E-state index contributed by atoms with van der Waals surface area (Å²) >= 11 is 0. The number of nitrogens with zero attached hydrogens (tertiary/aromatic N) is 1. The first-order chi connectivity index (χ1) is 18.4. The number of carbonyl (C=O) groups is 4. The van der Waals surface area contributed by atoms with Crippen LogP contribution in [-0.2, 0) is 19.1 Å². The van der Waals surface area contributed by atoms with Crippen molar-refractivity contribution < 1.29 is 23.9 Å². The fraction of sp³-hybridized carbons (Fsp3) is 0.290. The largest absolute Gasteiger partial charge is 0.452 e. The minimum atomic E-state index is -0.656. The van der Waals surface area contributed by atoms with E-state index in [4.69, 9.17) is 4.74 Å². The molecule has 0 radical (unpaired) electrons. The van der Waals surface area contributed by atoms with Crippen LogP contribution in [0.2, 0.25) is 0 Å². The molecule has 0 spiro atoms. The molecule has 1 heterocycles. The predicted molar refractivity (Wildman–Crippen MR) is 141 cm³/mol. The Balaban J connectivity index is 1.11. The summed E-state index contributed by atoms with van der Waals surface area (Å²) in [4.78, 5) is 52.9. The van der Waals surface area contributed by atoms with Crippen molar-refractivity contribution in [2.24, 2.45) is 23.7 Å². The number of imide groups is 1. The number of benzene rings is 3. The minimum Gasteiger partial charge on any atom is -0.452 e. The van der Waals surface area contributed by atoms with E-state index >= 15 is 0 Å². The molecule has 7 heteroatoms. The van der Waals surface area contributed by atoms with E-state index in [0.717, 1.165) is 18.4 Å². The van der Waals surface area contributed by atoms with Gasteiger partial charge in [0.05, 0.1) is 23.1 Å². The summed E-state index contributed by atoms with van der Waals surface area (Å²) in [5.41, 5.74) is 3.50. The monoisotopic (exact) mass is 508 g/mol. The number of ether oxygens (including phenoxy) is 1. The SMILES string of the molecule is Cc1ccccc1NC(=O)COC(=O)c1ccc(N2C(=O)[C@@H]3[C@@H]4C[C@@H]([C@H]3C2=O)[C@@H](c2ccccc2)C4)cc1. The topological polar surface area (TPSA) is 92.8 Å². The van der Waals surface area contributed by atoms with Crippen LogP contribution in [0.1, 0.15) is 40.2 Å². The van der Waals surface area contributed by atoms with Crippen molar-refractivity contribution in [1.29, 1.82) is 0 Å². The highest BCUT2D eigenvalue weighted by molar-refractivity contribution is 6.22. The number of para-hydroxylation sites is 1. The van der Waals surface area contributed by atoms with Gasteiger partial charge < -0.3 is 10.1 Å². The predicted octanol–water partition coefficient (Wildman–Crippen LogP) is 4.72. The van der Waals surface area contributed by atoms with E-state index in [1.54, 1.807) is 18.2 Å². The van der Waals surface area contributed by atoms with Crippen molar-refractivity contribution in [3.8, 4) is 0 Å². The maximum atomic E-state index is 13.5. The molecule has 2 aliphatic carbocycles. The number of esters is 1. The van der Waals surface area contributed by atoms with Crippen molar-refractivity contribution in [3.63, 3.8) is 0 Å². The second-order valence-corrected chi connectivity index (χ2v) is 10.5. The van der Waals surface area contributed by atoms with Crippen LogP contribution < -0.4 is 10.2 Å². The first-order valence-electron chi connectivity index (χ1n) is 13.0. The van der Waals surface area contributed by atoms with Gasteiger partial charge in [-0.15, -0.1) is 0 Å². The van der Waals surface area contributed by atoms with E-state index in [2.05, 4.69) is 17.4 Å². The van der Waals surface area contributed by atoms with Gasteiger partial charge in [0.2, 0.25) is 11.8 Å². The third-order valence-electron chi connectivity index (χ3n) is 8.36. The molecule has 5 atom stereocenters. The molecule has 1 N–H and O–H groups in total. The molecular weight excluding hydrogens is 480 g/mol. The fourth-order valence-electron chi connectivity index (χ4n) is 6.66. The summed E-state index contributed by atoms with van der Waals surface area (Å²) in [5.74, 6) is -1.22. The highest BCUT2D eigenvalue weighted by atomic mass is 16.5. The van der Waals surface area contributed by atoms with Gasteiger partial charge in [-0.2, -0.15) is 0 Å². The Kier molecular flexibility index (Phi) is 6.06. The lowest BCUT2D eigenvalue weighted by atomic mass is 9.73. The lowest BCUT2D eigenvalue weighted by Gasteiger charge is -2.28. The van der Waals surface area contributed by atoms with Crippen molar-refractivity contribution in [2.75, 3.05) is 16.8 Å². The van der Waals surface area contributed by atoms with E-state index in [1.165, 1.54) is 22.6 Å². The molecule has 2 bridgehead atoms. The van der Waals surface area contributed by atoms with Crippen LogP contribution in [0.5, 0.6) is 0 Å². The first kappa shape index (κ1) is 24.1. The number of amides is 3. The number of rotatable bonds is 6. The van der Waals surface area contributed by atoms with Crippen LogP contribution in [0, 0.1) is 30.6 Å². The summed E-state index contributed by atoms with van der Waals surface area (Å²) in [6.45, 7) is 1.45. The zero-order chi connectivity index (χ0) is 26.4. The third kappa shape index (κ3) is 4.08. The van der Waals surface area contributed by atoms with E-state index in [9.17, 15) is 19.2 Å². The zero-order valence-corrected chi connectivity index (χ0v) is 21.0. The summed E-state index contributed by atoms with van der Waals surface area (Å²) in [6.07, 6.45) is 1.85. The van der Waals surface area contributed by atoms with Gasteiger partial charge in [-0.1, -0.05) is 48.5 Å². The van der Waals surface area contributed by atoms with Crippen LogP contribution in [0.25, 0.3) is 0 Å². The normalized spacial score (nSPS) is 25.4. The molecular formula is C31H28N2O5. The molecule has 192 valence electrons. The standard InChI is InChI=1S/C31H28N2O5/c1-18-7-5-6-10-25(18)32-26(34)17-38-31(37)20-11-13-22(14-12-20)33-29(35)27-21-15-23(19-8-3-2-4-9-19)24(16-21)28(27)30(33)36/h2-14,21,23-24,27-28H,15-17H2,1H3,(H,32,34)/t21-,23+,24+,27+,28+/m0/s1. The van der Waals surface area contributed by atoms with E-state index < -0.39 is 18.5 Å². The zero-order valence-electron chi connectivity index (χ0n) is 21.0. The molecule has 3 aromatic carbocycles.